The fourth-order valence-electron chi connectivity index (χ4n) is 2.90. The van der Waals surface area contributed by atoms with Crippen molar-refractivity contribution in [2.24, 2.45) is 12.0 Å². The van der Waals surface area contributed by atoms with Crippen LogP contribution in [0.15, 0.2) is 27.8 Å². The smallest absolute Gasteiger partial charge is 0.193 e. The van der Waals surface area contributed by atoms with Crippen molar-refractivity contribution in [1.29, 1.82) is 0 Å². The maximum atomic E-state index is 5.26. The Morgan fingerprint density at radius 1 is 1.46 bits per heavy atom. The van der Waals surface area contributed by atoms with Crippen LogP contribution in [0.3, 0.4) is 0 Å². The second kappa shape index (κ2) is 9.10. The molecule has 0 saturated heterocycles. The summed E-state index contributed by atoms with van der Waals surface area (Å²) in [6.45, 7) is 7.71. The second-order valence-electron chi connectivity index (χ2n) is 6.03. The molecule has 24 heavy (non-hydrogen) atoms. The van der Waals surface area contributed by atoms with E-state index in [4.69, 9.17) is 4.52 Å². The summed E-state index contributed by atoms with van der Waals surface area (Å²) in [5, 5.41) is 7.47. The van der Waals surface area contributed by atoms with Crippen molar-refractivity contribution >= 4 is 29.9 Å². The van der Waals surface area contributed by atoms with E-state index in [1.165, 1.54) is 11.3 Å². The van der Waals surface area contributed by atoms with E-state index in [9.17, 15) is 0 Å². The Hall–Kier alpha value is -1.51. The van der Waals surface area contributed by atoms with Crippen molar-refractivity contribution in [1.82, 2.24) is 19.9 Å². The van der Waals surface area contributed by atoms with Gasteiger partial charge in [0.1, 0.15) is 5.76 Å². The molecule has 0 bridgehead atoms. The minimum absolute atomic E-state index is 0. The maximum absolute atomic E-state index is 5.26. The van der Waals surface area contributed by atoms with Gasteiger partial charge < -0.3 is 19.3 Å². The van der Waals surface area contributed by atoms with Crippen molar-refractivity contribution in [3.63, 3.8) is 0 Å². The Kier molecular flexibility index (Phi) is 7.78. The summed E-state index contributed by atoms with van der Waals surface area (Å²) in [6.07, 6.45) is 2.05. The van der Waals surface area contributed by atoms with Crippen molar-refractivity contribution in [3.05, 3.63) is 41.0 Å². The molecule has 0 aliphatic carbocycles. The number of nitrogens with one attached hydrogen (secondary N) is 1. The first-order valence-electron chi connectivity index (χ1n) is 7.88. The minimum Gasteiger partial charge on any atom is -0.361 e. The van der Waals surface area contributed by atoms with E-state index < -0.39 is 0 Å². The third-order valence-corrected chi connectivity index (χ3v) is 4.17. The zero-order chi connectivity index (χ0) is 17.0. The SMILES string of the molecule is CN=C(NCC(C)c1c(C)noc1C)N(C)Cc1cccn1C.I. The van der Waals surface area contributed by atoms with E-state index in [-0.39, 0.29) is 24.0 Å². The van der Waals surface area contributed by atoms with E-state index in [0.717, 1.165) is 30.5 Å². The number of aryl methyl sites for hydroxylation is 3. The molecule has 1 atom stereocenters. The average molecular weight is 445 g/mol. The third kappa shape index (κ3) is 4.75. The Bertz CT molecular complexity index is 657. The van der Waals surface area contributed by atoms with E-state index in [2.05, 4.69) is 57.2 Å². The van der Waals surface area contributed by atoms with Gasteiger partial charge in [-0.3, -0.25) is 4.99 Å². The van der Waals surface area contributed by atoms with E-state index in [0.29, 0.717) is 5.92 Å². The lowest BCUT2D eigenvalue weighted by atomic mass is 10.00. The van der Waals surface area contributed by atoms with Crippen molar-refractivity contribution in [3.8, 4) is 0 Å². The van der Waals surface area contributed by atoms with Gasteiger partial charge in [0.05, 0.1) is 12.2 Å². The fourth-order valence-corrected chi connectivity index (χ4v) is 2.90. The molecule has 2 heterocycles. The number of rotatable bonds is 5. The highest BCUT2D eigenvalue weighted by Gasteiger charge is 2.17. The zero-order valence-electron chi connectivity index (χ0n) is 15.3. The lowest BCUT2D eigenvalue weighted by Gasteiger charge is -2.24. The maximum Gasteiger partial charge on any atom is 0.193 e. The summed E-state index contributed by atoms with van der Waals surface area (Å²) in [5.74, 6) is 2.08. The van der Waals surface area contributed by atoms with Crippen molar-refractivity contribution in [2.45, 2.75) is 33.2 Å². The second-order valence-corrected chi connectivity index (χ2v) is 6.03. The summed E-state index contributed by atoms with van der Waals surface area (Å²) in [4.78, 5) is 6.50. The molecule has 0 fully saturated rings. The van der Waals surface area contributed by atoms with Crippen LogP contribution in [-0.2, 0) is 13.6 Å². The van der Waals surface area contributed by atoms with Crippen LogP contribution in [0.5, 0.6) is 0 Å². The number of hydrogen-bond donors (Lipinski definition) is 1. The van der Waals surface area contributed by atoms with E-state index in [1.807, 2.05) is 27.9 Å². The molecule has 0 spiro atoms. The van der Waals surface area contributed by atoms with Gasteiger partial charge in [-0.05, 0) is 26.0 Å². The molecular formula is C17H28IN5O. The molecule has 0 amide bonds. The third-order valence-electron chi connectivity index (χ3n) is 4.17. The van der Waals surface area contributed by atoms with Gasteiger partial charge in [0.25, 0.3) is 0 Å². The summed E-state index contributed by atoms with van der Waals surface area (Å²) in [5.41, 5.74) is 3.39. The van der Waals surface area contributed by atoms with Gasteiger partial charge in [-0.15, -0.1) is 24.0 Å². The Labute approximate surface area is 161 Å². The van der Waals surface area contributed by atoms with Gasteiger partial charge in [-0.1, -0.05) is 12.1 Å². The molecule has 2 aromatic rings. The Balaban J connectivity index is 0.00000288. The lowest BCUT2D eigenvalue weighted by Crippen LogP contribution is -2.40. The Morgan fingerprint density at radius 2 is 2.17 bits per heavy atom. The summed E-state index contributed by atoms with van der Waals surface area (Å²) < 4.78 is 7.38. The molecule has 0 aliphatic heterocycles. The molecule has 2 aromatic heterocycles. The number of nitrogens with zero attached hydrogens (tertiary/aromatic N) is 4. The van der Waals surface area contributed by atoms with Crippen LogP contribution in [0.1, 0.15) is 35.6 Å². The van der Waals surface area contributed by atoms with Gasteiger partial charge in [0.15, 0.2) is 5.96 Å². The molecule has 0 aromatic carbocycles. The van der Waals surface area contributed by atoms with Gasteiger partial charge in [-0.2, -0.15) is 0 Å². The average Bonchev–Trinajstić information content (AvgIpc) is 3.05. The molecular weight excluding hydrogens is 417 g/mol. The van der Waals surface area contributed by atoms with Crippen LogP contribution in [0.2, 0.25) is 0 Å². The summed E-state index contributed by atoms with van der Waals surface area (Å²) >= 11 is 0. The number of aliphatic imine (C=N–C) groups is 1. The zero-order valence-corrected chi connectivity index (χ0v) is 17.7. The monoisotopic (exact) mass is 445 g/mol. The molecule has 0 saturated carbocycles. The van der Waals surface area contributed by atoms with Crippen LogP contribution in [-0.4, -0.2) is 41.2 Å². The molecule has 134 valence electrons. The predicted octanol–water partition coefficient (Wildman–Crippen LogP) is 3.06. The fraction of sp³-hybridized carbons (Fsp3) is 0.529. The van der Waals surface area contributed by atoms with E-state index in [1.54, 1.807) is 0 Å². The lowest BCUT2D eigenvalue weighted by molar-refractivity contribution is 0.391. The highest BCUT2D eigenvalue weighted by molar-refractivity contribution is 14.0. The number of guanidine groups is 1. The van der Waals surface area contributed by atoms with Crippen LogP contribution in [0.25, 0.3) is 0 Å². The molecule has 1 unspecified atom stereocenters. The first kappa shape index (κ1) is 20.5. The summed E-state index contributed by atoms with van der Waals surface area (Å²) in [6, 6.07) is 4.18. The molecule has 1 N–H and O–H groups in total. The molecule has 0 radical (unpaired) electrons. The van der Waals surface area contributed by atoms with Crippen molar-refractivity contribution < 1.29 is 4.52 Å². The topological polar surface area (TPSA) is 58.6 Å². The standard InChI is InChI=1S/C17H27N5O.HI/c1-12(16-13(2)20-23-14(16)3)10-19-17(18-4)22(6)11-15-8-7-9-21(15)5;/h7-9,12H,10-11H2,1-6H3,(H,18,19);1H. The van der Waals surface area contributed by atoms with Crippen LogP contribution in [0, 0.1) is 13.8 Å². The van der Waals surface area contributed by atoms with E-state index >= 15 is 0 Å². The predicted molar refractivity (Wildman–Crippen MR) is 108 cm³/mol. The molecule has 6 nitrogen and oxygen atoms in total. The van der Waals surface area contributed by atoms with Gasteiger partial charge in [0.2, 0.25) is 0 Å². The normalized spacial score (nSPS) is 12.7. The highest BCUT2D eigenvalue weighted by Crippen LogP contribution is 2.22. The van der Waals surface area contributed by atoms with Crippen LogP contribution in [0.4, 0.5) is 0 Å². The minimum atomic E-state index is 0. The quantitative estimate of drug-likeness (QED) is 0.437. The van der Waals surface area contributed by atoms with Gasteiger partial charge in [-0.25, -0.2) is 0 Å². The number of hydrogen-bond acceptors (Lipinski definition) is 3. The highest BCUT2D eigenvalue weighted by atomic mass is 127. The van der Waals surface area contributed by atoms with Crippen molar-refractivity contribution in [2.75, 3.05) is 20.6 Å². The first-order chi connectivity index (χ1) is 10.9. The molecule has 2 rings (SSSR count). The van der Waals surface area contributed by atoms with Gasteiger partial charge >= 0.3 is 0 Å². The number of aromatic nitrogens is 2. The van der Waals surface area contributed by atoms with Gasteiger partial charge in [0, 0.05) is 51.1 Å². The molecule has 0 aliphatic rings. The summed E-state index contributed by atoms with van der Waals surface area (Å²) in [7, 11) is 5.91. The number of halogens is 1. The first-order valence-corrected chi connectivity index (χ1v) is 7.88. The molecule has 7 heteroatoms. The Morgan fingerprint density at radius 3 is 2.67 bits per heavy atom. The largest absolute Gasteiger partial charge is 0.361 e. The van der Waals surface area contributed by atoms with Crippen LogP contribution < -0.4 is 5.32 Å². The van der Waals surface area contributed by atoms with Crippen LogP contribution >= 0.6 is 24.0 Å².